The molecule has 0 unspecified atom stereocenters. The highest BCUT2D eigenvalue weighted by atomic mass is 19.4. The molecule has 1 amide bonds. The van der Waals surface area contributed by atoms with E-state index in [4.69, 9.17) is 5.73 Å². The molecule has 1 saturated carbocycles. The van der Waals surface area contributed by atoms with E-state index in [9.17, 15) is 27.9 Å². The largest absolute Gasteiger partial charge is 0.435 e. The van der Waals surface area contributed by atoms with Crippen molar-refractivity contribution in [2.75, 3.05) is 5.32 Å². The summed E-state index contributed by atoms with van der Waals surface area (Å²) in [6.07, 6.45) is -2.18. The van der Waals surface area contributed by atoms with Crippen molar-refractivity contribution in [3.63, 3.8) is 0 Å². The second kappa shape index (κ2) is 8.16. The first kappa shape index (κ1) is 23.3. The van der Waals surface area contributed by atoms with Crippen LogP contribution in [0.25, 0.3) is 5.69 Å². The van der Waals surface area contributed by atoms with E-state index in [-0.39, 0.29) is 41.9 Å². The molecule has 4 rings (SSSR count). The van der Waals surface area contributed by atoms with Crippen LogP contribution < -0.4 is 11.1 Å². The van der Waals surface area contributed by atoms with E-state index in [1.165, 1.54) is 6.07 Å². The summed E-state index contributed by atoms with van der Waals surface area (Å²) in [7, 11) is 0. The number of rotatable bonds is 4. The number of aliphatic hydroxyl groups excluding tert-OH is 1. The van der Waals surface area contributed by atoms with Gasteiger partial charge in [0.2, 0.25) is 0 Å². The number of ketones is 1. The number of nitrogens with one attached hydrogen (secondary N) is 1. The Morgan fingerprint density at radius 2 is 1.88 bits per heavy atom. The molecule has 2 aliphatic carbocycles. The maximum Gasteiger partial charge on any atom is 0.435 e. The first-order chi connectivity index (χ1) is 15.4. The van der Waals surface area contributed by atoms with Crippen LogP contribution in [0.2, 0.25) is 0 Å². The second-order valence-electron chi connectivity index (χ2n) is 9.77. The van der Waals surface area contributed by atoms with E-state index in [2.05, 4.69) is 10.4 Å². The number of carbonyl (C=O) groups is 2. The zero-order valence-corrected chi connectivity index (χ0v) is 18.5. The average Bonchev–Trinajstić information content (AvgIpc) is 3.08. The van der Waals surface area contributed by atoms with Gasteiger partial charge in [-0.25, -0.2) is 4.68 Å². The van der Waals surface area contributed by atoms with Crippen molar-refractivity contribution in [1.82, 2.24) is 9.78 Å². The van der Waals surface area contributed by atoms with E-state index in [0.29, 0.717) is 18.5 Å². The molecule has 0 atom stereocenters. The van der Waals surface area contributed by atoms with Gasteiger partial charge >= 0.3 is 6.18 Å². The topological polar surface area (TPSA) is 110 Å². The van der Waals surface area contributed by atoms with Crippen LogP contribution in [0.1, 0.15) is 78.1 Å². The van der Waals surface area contributed by atoms with Gasteiger partial charge in [0.05, 0.1) is 28.6 Å². The van der Waals surface area contributed by atoms with E-state index in [1.54, 1.807) is 12.1 Å². The van der Waals surface area contributed by atoms with Crippen molar-refractivity contribution in [2.24, 2.45) is 11.1 Å². The Kier molecular flexibility index (Phi) is 5.76. The minimum atomic E-state index is -4.82. The monoisotopic (exact) mass is 464 g/mol. The molecule has 1 aromatic heterocycles. The van der Waals surface area contributed by atoms with Crippen LogP contribution in [0.3, 0.4) is 0 Å². The highest BCUT2D eigenvalue weighted by Gasteiger charge is 2.45. The van der Waals surface area contributed by atoms with Gasteiger partial charge in [-0.05, 0) is 55.7 Å². The molecule has 178 valence electrons. The third kappa shape index (κ3) is 4.62. The number of carbonyl (C=O) groups excluding carboxylic acids is 2. The fourth-order valence-electron chi connectivity index (χ4n) is 4.81. The van der Waals surface area contributed by atoms with E-state index in [1.807, 2.05) is 13.8 Å². The number of aliphatic hydroxyl groups is 1. The van der Waals surface area contributed by atoms with Crippen molar-refractivity contribution in [3.8, 4) is 5.69 Å². The van der Waals surface area contributed by atoms with Crippen LogP contribution in [0, 0.1) is 5.41 Å². The summed E-state index contributed by atoms with van der Waals surface area (Å²) in [5.41, 5.74) is 4.13. The van der Waals surface area contributed by atoms with Gasteiger partial charge in [0, 0.05) is 18.2 Å². The van der Waals surface area contributed by atoms with Crippen molar-refractivity contribution in [3.05, 3.63) is 40.7 Å². The Balaban J connectivity index is 1.84. The summed E-state index contributed by atoms with van der Waals surface area (Å²) in [5, 5.41) is 16.8. The lowest BCUT2D eigenvalue weighted by molar-refractivity contribution is -0.141. The van der Waals surface area contributed by atoms with E-state index >= 15 is 0 Å². The predicted octanol–water partition coefficient (Wildman–Crippen LogP) is 3.86. The minimum absolute atomic E-state index is 0.00877. The molecule has 0 saturated heterocycles. The van der Waals surface area contributed by atoms with E-state index in [0.717, 1.165) is 17.5 Å². The number of hydrogen-bond donors (Lipinski definition) is 3. The fraction of sp³-hybridized carbons (Fsp3) is 0.522. The fourth-order valence-corrected chi connectivity index (χ4v) is 4.81. The SMILES string of the molecule is CC1(C)CC(=O)c2c(C(F)(F)F)nn(-c3cc(N[C@H]4CC[C@H](O)CC4)ccc3C(N)=O)c2C1. The molecule has 10 heteroatoms. The van der Waals surface area contributed by atoms with Crippen molar-refractivity contribution >= 4 is 17.4 Å². The average molecular weight is 464 g/mol. The van der Waals surface area contributed by atoms with Gasteiger partial charge in [-0.3, -0.25) is 9.59 Å². The number of nitrogens with zero attached hydrogens (tertiary/aromatic N) is 2. The quantitative estimate of drug-likeness (QED) is 0.637. The number of aromatic nitrogens is 2. The Hall–Kier alpha value is -2.88. The third-order valence-corrected chi connectivity index (χ3v) is 6.37. The summed E-state index contributed by atoms with van der Waals surface area (Å²) >= 11 is 0. The first-order valence-corrected chi connectivity index (χ1v) is 11.0. The lowest BCUT2D eigenvalue weighted by atomic mass is 9.75. The van der Waals surface area contributed by atoms with Crippen LogP contribution >= 0.6 is 0 Å². The Labute approximate surface area is 189 Å². The van der Waals surface area contributed by atoms with Crippen LogP contribution in [0.4, 0.5) is 18.9 Å². The number of nitrogens with two attached hydrogens (primary N) is 1. The lowest BCUT2D eigenvalue weighted by Gasteiger charge is -2.29. The molecule has 2 aromatic rings. The highest BCUT2D eigenvalue weighted by Crippen LogP contribution is 2.42. The normalized spacial score (nSPS) is 22.7. The van der Waals surface area contributed by atoms with Crippen LogP contribution in [0.5, 0.6) is 0 Å². The van der Waals surface area contributed by atoms with Crippen molar-refractivity contribution in [1.29, 1.82) is 0 Å². The number of primary amides is 1. The molecule has 1 aromatic carbocycles. The minimum Gasteiger partial charge on any atom is -0.393 e. The number of benzene rings is 1. The Morgan fingerprint density at radius 3 is 2.48 bits per heavy atom. The van der Waals surface area contributed by atoms with Gasteiger partial charge in [-0.2, -0.15) is 18.3 Å². The van der Waals surface area contributed by atoms with Crippen LogP contribution in [-0.4, -0.2) is 38.7 Å². The maximum atomic E-state index is 13.8. The molecule has 0 radical (unpaired) electrons. The number of anilines is 1. The molecule has 4 N–H and O–H groups in total. The number of hydrogen-bond acceptors (Lipinski definition) is 5. The standard InChI is InChI=1S/C23H27F3N4O3/c1-22(2)10-17-19(18(32)11-22)20(23(24,25)26)29-30(17)16-9-13(5-8-15(16)21(27)33)28-12-3-6-14(31)7-4-12/h5,8-9,12,14,28,31H,3-4,6-7,10-11H2,1-2H3,(H2,27,33)/t12-,14-. The van der Waals surface area contributed by atoms with Gasteiger partial charge in [0.25, 0.3) is 5.91 Å². The summed E-state index contributed by atoms with van der Waals surface area (Å²) in [5.74, 6) is -1.42. The summed E-state index contributed by atoms with van der Waals surface area (Å²) in [6, 6.07) is 4.72. The molecular formula is C23H27F3N4O3. The molecule has 33 heavy (non-hydrogen) atoms. The number of amides is 1. The summed E-state index contributed by atoms with van der Waals surface area (Å²) in [4.78, 5) is 24.9. The predicted molar refractivity (Wildman–Crippen MR) is 115 cm³/mol. The second-order valence-corrected chi connectivity index (χ2v) is 9.77. The van der Waals surface area contributed by atoms with Gasteiger partial charge in [-0.1, -0.05) is 13.8 Å². The van der Waals surface area contributed by atoms with Gasteiger partial charge < -0.3 is 16.2 Å². The van der Waals surface area contributed by atoms with E-state index < -0.39 is 34.5 Å². The molecule has 2 aliphatic rings. The number of halogens is 3. The zero-order chi connectivity index (χ0) is 24.1. The van der Waals surface area contributed by atoms with Crippen molar-refractivity contribution in [2.45, 2.75) is 70.7 Å². The molecule has 1 fully saturated rings. The number of alkyl halides is 3. The van der Waals surface area contributed by atoms with Gasteiger partial charge in [0.15, 0.2) is 11.5 Å². The highest BCUT2D eigenvalue weighted by molar-refractivity contribution is 6.01. The zero-order valence-electron chi connectivity index (χ0n) is 18.5. The molecule has 0 aliphatic heterocycles. The molecule has 7 nitrogen and oxygen atoms in total. The molecule has 0 bridgehead atoms. The van der Waals surface area contributed by atoms with Crippen LogP contribution in [-0.2, 0) is 12.6 Å². The number of Topliss-reactive ketones (excluding diaryl/α,β-unsaturated/α-hetero) is 1. The third-order valence-electron chi connectivity index (χ3n) is 6.37. The molecule has 1 heterocycles. The molecule has 0 spiro atoms. The van der Waals surface area contributed by atoms with Gasteiger partial charge in [0.1, 0.15) is 0 Å². The number of fused-ring (bicyclic) bond motifs is 1. The lowest BCUT2D eigenvalue weighted by Crippen LogP contribution is -2.29. The van der Waals surface area contributed by atoms with Crippen molar-refractivity contribution < 1.29 is 27.9 Å². The smallest absolute Gasteiger partial charge is 0.393 e. The Bertz CT molecular complexity index is 1100. The van der Waals surface area contributed by atoms with Crippen LogP contribution in [0.15, 0.2) is 18.2 Å². The summed E-state index contributed by atoms with van der Waals surface area (Å²) < 4.78 is 42.5. The Morgan fingerprint density at radius 1 is 1.21 bits per heavy atom. The van der Waals surface area contributed by atoms with Gasteiger partial charge in [-0.15, -0.1) is 0 Å². The molecular weight excluding hydrogens is 437 g/mol. The first-order valence-electron chi connectivity index (χ1n) is 11.0. The maximum absolute atomic E-state index is 13.8. The summed E-state index contributed by atoms with van der Waals surface area (Å²) in [6.45, 7) is 3.62.